The van der Waals surface area contributed by atoms with Crippen molar-refractivity contribution < 1.29 is 22.8 Å². The average Bonchev–Trinajstić information content (AvgIpc) is 2.78. The van der Waals surface area contributed by atoms with E-state index < -0.39 is 17.6 Å². The van der Waals surface area contributed by atoms with E-state index in [4.69, 9.17) is 0 Å². The van der Waals surface area contributed by atoms with Crippen LogP contribution in [0.25, 0.3) is 0 Å². The first-order valence-corrected chi connectivity index (χ1v) is 9.96. The minimum atomic E-state index is -4.67. The van der Waals surface area contributed by atoms with Crippen molar-refractivity contribution in [3.05, 3.63) is 65.6 Å². The molecule has 33 heavy (non-hydrogen) atoms. The van der Waals surface area contributed by atoms with Gasteiger partial charge in [0.1, 0.15) is 5.82 Å². The highest BCUT2D eigenvalue weighted by molar-refractivity contribution is 5.98. The van der Waals surface area contributed by atoms with Crippen molar-refractivity contribution in [2.75, 3.05) is 23.0 Å². The molecular formula is C22H19F3N6O2. The number of alkyl halides is 3. The number of nitrogens with zero attached hydrogens (tertiary/aromatic N) is 2. The van der Waals surface area contributed by atoms with E-state index in [0.717, 1.165) is 11.8 Å². The van der Waals surface area contributed by atoms with Gasteiger partial charge in [0.15, 0.2) is 5.69 Å². The zero-order valence-corrected chi connectivity index (χ0v) is 17.4. The molecule has 1 aromatic carbocycles. The van der Waals surface area contributed by atoms with Crippen molar-refractivity contribution in [1.82, 2.24) is 15.3 Å². The third kappa shape index (κ3) is 4.86. The Bertz CT molecular complexity index is 1230. The lowest BCUT2D eigenvalue weighted by atomic mass is 10.0. The molecule has 0 radical (unpaired) electrons. The van der Waals surface area contributed by atoms with Crippen molar-refractivity contribution in [2.45, 2.75) is 19.0 Å². The molecule has 2 aromatic heterocycles. The van der Waals surface area contributed by atoms with Crippen LogP contribution in [0.5, 0.6) is 0 Å². The number of nitrogens with one attached hydrogen (secondary N) is 4. The van der Waals surface area contributed by atoms with Crippen LogP contribution in [0.2, 0.25) is 0 Å². The molecule has 4 rings (SSSR count). The Morgan fingerprint density at radius 3 is 2.64 bits per heavy atom. The maximum atomic E-state index is 13.6. The Hall–Kier alpha value is -4.15. The van der Waals surface area contributed by atoms with E-state index in [1.165, 1.54) is 31.4 Å². The van der Waals surface area contributed by atoms with Crippen LogP contribution in [0.3, 0.4) is 0 Å². The summed E-state index contributed by atoms with van der Waals surface area (Å²) in [6.45, 7) is 0. The number of aromatic nitrogens is 2. The van der Waals surface area contributed by atoms with Crippen molar-refractivity contribution in [2.24, 2.45) is 0 Å². The molecule has 2 amide bonds. The number of anilines is 5. The van der Waals surface area contributed by atoms with Crippen LogP contribution in [0.4, 0.5) is 41.7 Å². The molecule has 1 aliphatic heterocycles. The minimum Gasteiger partial charge on any atom is -0.354 e. The largest absolute Gasteiger partial charge is 0.419 e. The third-order valence-corrected chi connectivity index (χ3v) is 5.00. The van der Waals surface area contributed by atoms with Gasteiger partial charge in [-0.3, -0.25) is 9.59 Å². The van der Waals surface area contributed by atoms with E-state index in [1.54, 1.807) is 12.1 Å². The van der Waals surface area contributed by atoms with Crippen LogP contribution in [0.1, 0.15) is 28.0 Å². The molecule has 11 heteroatoms. The van der Waals surface area contributed by atoms with Crippen LogP contribution < -0.4 is 21.3 Å². The van der Waals surface area contributed by atoms with Gasteiger partial charge in [-0.1, -0.05) is 0 Å². The highest BCUT2D eigenvalue weighted by Gasteiger charge is 2.34. The average molecular weight is 456 g/mol. The number of hydrogen-bond donors (Lipinski definition) is 4. The summed E-state index contributed by atoms with van der Waals surface area (Å²) in [5, 5.41) is 10.8. The van der Waals surface area contributed by atoms with Gasteiger partial charge in [0.05, 0.1) is 16.9 Å². The summed E-state index contributed by atoms with van der Waals surface area (Å²) in [6, 6.07) is 9.42. The Morgan fingerprint density at radius 2 is 1.88 bits per heavy atom. The monoisotopic (exact) mass is 456 g/mol. The molecule has 4 N–H and O–H groups in total. The smallest absolute Gasteiger partial charge is 0.354 e. The number of fused-ring (bicyclic) bond motifs is 1. The van der Waals surface area contributed by atoms with Gasteiger partial charge in [0.25, 0.3) is 5.91 Å². The molecule has 0 aliphatic carbocycles. The summed E-state index contributed by atoms with van der Waals surface area (Å²) in [6.07, 6.45) is -1.65. The quantitative estimate of drug-likeness (QED) is 0.458. The number of carbonyl (C=O) groups excluding carboxylic acids is 2. The number of rotatable bonds is 5. The summed E-state index contributed by atoms with van der Waals surface area (Å²) in [5.74, 6) is -0.439. The fourth-order valence-corrected chi connectivity index (χ4v) is 3.41. The van der Waals surface area contributed by atoms with E-state index in [0.29, 0.717) is 24.2 Å². The SMILES string of the molecule is CNC(=O)c1ncccc1Nc1cc(Nc2ccc3c(c2)CCC(=O)N3)ncc1C(F)(F)F. The first-order valence-electron chi connectivity index (χ1n) is 9.96. The van der Waals surface area contributed by atoms with Gasteiger partial charge in [-0.05, 0) is 42.3 Å². The number of halogens is 3. The lowest BCUT2D eigenvalue weighted by Gasteiger charge is -2.19. The molecule has 8 nitrogen and oxygen atoms in total. The standard InChI is InChI=1S/C22H19F3N6O2/c1-26-21(33)20-16(3-2-8-27-20)30-17-10-18(28-11-14(17)22(23,24)25)29-13-5-6-15-12(9-13)4-7-19(32)31-15/h2-3,5-6,8-11H,4,7H2,1H3,(H,26,33)(H,31,32)(H2,28,29,30). The van der Waals surface area contributed by atoms with E-state index in [-0.39, 0.29) is 28.8 Å². The lowest BCUT2D eigenvalue weighted by Crippen LogP contribution is -2.21. The second kappa shape index (κ2) is 8.77. The second-order valence-electron chi connectivity index (χ2n) is 7.26. The number of aryl methyl sites for hydroxylation is 1. The van der Waals surface area contributed by atoms with Gasteiger partial charge in [0.2, 0.25) is 5.91 Å². The van der Waals surface area contributed by atoms with Crippen LogP contribution in [-0.2, 0) is 17.4 Å². The number of amides is 2. The van der Waals surface area contributed by atoms with Gasteiger partial charge in [-0.15, -0.1) is 0 Å². The highest BCUT2D eigenvalue weighted by Crippen LogP contribution is 2.37. The molecule has 0 bridgehead atoms. The Balaban J connectivity index is 1.67. The fourth-order valence-electron chi connectivity index (χ4n) is 3.41. The van der Waals surface area contributed by atoms with Crippen molar-refractivity contribution >= 4 is 40.4 Å². The normalized spacial score (nSPS) is 13.0. The summed E-state index contributed by atoms with van der Waals surface area (Å²) in [4.78, 5) is 31.4. The van der Waals surface area contributed by atoms with E-state index in [9.17, 15) is 22.8 Å². The number of hydrogen-bond acceptors (Lipinski definition) is 6. The predicted molar refractivity (Wildman–Crippen MR) is 117 cm³/mol. The number of carbonyl (C=O) groups is 2. The maximum absolute atomic E-state index is 13.6. The zero-order valence-electron chi connectivity index (χ0n) is 17.4. The molecule has 0 spiro atoms. The maximum Gasteiger partial charge on any atom is 0.419 e. The molecule has 0 saturated carbocycles. The number of benzene rings is 1. The number of pyridine rings is 2. The van der Waals surface area contributed by atoms with Crippen LogP contribution in [-0.4, -0.2) is 28.8 Å². The molecule has 3 aromatic rings. The molecule has 0 atom stereocenters. The summed E-state index contributed by atoms with van der Waals surface area (Å²) in [7, 11) is 1.40. The second-order valence-corrected chi connectivity index (χ2v) is 7.26. The predicted octanol–water partition coefficient (Wildman–Crippen LogP) is 4.23. The first kappa shape index (κ1) is 22.1. The summed E-state index contributed by atoms with van der Waals surface area (Å²) in [5.41, 5.74) is 1.01. The van der Waals surface area contributed by atoms with Gasteiger partial charge in [-0.2, -0.15) is 13.2 Å². The lowest BCUT2D eigenvalue weighted by molar-refractivity contribution is -0.137. The fraction of sp³-hybridized carbons (Fsp3) is 0.182. The Labute approximate surface area is 186 Å². The molecule has 1 aliphatic rings. The van der Waals surface area contributed by atoms with Crippen LogP contribution in [0.15, 0.2) is 48.8 Å². The Morgan fingerprint density at radius 1 is 1.06 bits per heavy atom. The van der Waals surface area contributed by atoms with Gasteiger partial charge >= 0.3 is 6.18 Å². The molecule has 0 unspecified atom stereocenters. The van der Waals surface area contributed by atoms with Gasteiger partial charge < -0.3 is 21.3 Å². The van der Waals surface area contributed by atoms with Gasteiger partial charge in [0, 0.05) is 43.3 Å². The van der Waals surface area contributed by atoms with Crippen molar-refractivity contribution in [1.29, 1.82) is 0 Å². The van der Waals surface area contributed by atoms with Crippen molar-refractivity contribution in [3.63, 3.8) is 0 Å². The molecule has 170 valence electrons. The molecular weight excluding hydrogens is 437 g/mol. The van der Waals surface area contributed by atoms with Gasteiger partial charge in [-0.25, -0.2) is 9.97 Å². The van der Waals surface area contributed by atoms with Crippen molar-refractivity contribution in [3.8, 4) is 0 Å². The van der Waals surface area contributed by atoms with Crippen LogP contribution in [0, 0.1) is 0 Å². The summed E-state index contributed by atoms with van der Waals surface area (Å²) >= 11 is 0. The van der Waals surface area contributed by atoms with Crippen LogP contribution >= 0.6 is 0 Å². The van der Waals surface area contributed by atoms with E-state index >= 15 is 0 Å². The molecule has 0 fully saturated rings. The third-order valence-electron chi connectivity index (χ3n) is 5.00. The first-order chi connectivity index (χ1) is 15.7. The van der Waals surface area contributed by atoms with E-state index in [1.807, 2.05) is 6.07 Å². The molecule has 0 saturated heterocycles. The minimum absolute atomic E-state index is 0.0452. The van der Waals surface area contributed by atoms with E-state index in [2.05, 4.69) is 31.2 Å². The highest BCUT2D eigenvalue weighted by atomic mass is 19.4. The Kier molecular flexibility index (Phi) is 5.86. The topological polar surface area (TPSA) is 108 Å². The zero-order chi connectivity index (χ0) is 23.6. The summed E-state index contributed by atoms with van der Waals surface area (Å²) < 4.78 is 40.9. The molecule has 3 heterocycles.